The Morgan fingerprint density at radius 1 is 1.48 bits per heavy atom. The van der Waals surface area contributed by atoms with Crippen molar-refractivity contribution in [3.63, 3.8) is 0 Å². The highest BCUT2D eigenvalue weighted by atomic mass is 32.2. The number of H-pyrrole nitrogens is 1. The Balaban J connectivity index is 2.05. The van der Waals surface area contributed by atoms with Crippen LogP contribution >= 0.6 is 23.6 Å². The van der Waals surface area contributed by atoms with Crippen LogP contribution in [0.3, 0.4) is 0 Å². The largest absolute Gasteiger partial charge is 0.323 e. The molecule has 0 bridgehead atoms. The normalized spacial score (nSPS) is 17.0. The van der Waals surface area contributed by atoms with Crippen molar-refractivity contribution in [3.8, 4) is 0 Å². The van der Waals surface area contributed by atoms with Crippen molar-refractivity contribution in [2.45, 2.75) is 44.4 Å². The third-order valence-electron chi connectivity index (χ3n) is 4.17. The van der Waals surface area contributed by atoms with Crippen LogP contribution in [0.4, 0.5) is 0 Å². The molecule has 0 saturated carbocycles. The standard InChI is InChI=1S/C14H18N2O2S3/c1-8(21(2)18)6-7-16-13(17)11-9-4-3-5-10(9)20-12(11)15-14(16)19/h8H,3-7H2,1-2H3,(H,15,19). The fraction of sp³-hybridized carbons (Fsp3) is 0.571. The van der Waals surface area contributed by atoms with Crippen LogP contribution in [0.1, 0.15) is 30.2 Å². The Kier molecular flexibility index (Phi) is 4.16. The van der Waals surface area contributed by atoms with Gasteiger partial charge in [0.05, 0.1) is 5.39 Å². The van der Waals surface area contributed by atoms with Crippen molar-refractivity contribution in [1.29, 1.82) is 0 Å². The first-order chi connectivity index (χ1) is 9.99. The molecule has 0 aromatic carbocycles. The van der Waals surface area contributed by atoms with E-state index in [0.29, 0.717) is 17.7 Å². The molecule has 21 heavy (non-hydrogen) atoms. The van der Waals surface area contributed by atoms with E-state index in [4.69, 9.17) is 12.2 Å². The molecule has 0 aliphatic heterocycles. The van der Waals surface area contributed by atoms with Crippen molar-refractivity contribution in [1.82, 2.24) is 9.55 Å². The molecule has 0 amide bonds. The van der Waals surface area contributed by atoms with Crippen LogP contribution in [0.15, 0.2) is 4.79 Å². The number of hydrogen-bond acceptors (Lipinski definition) is 4. The second kappa shape index (κ2) is 5.78. The van der Waals surface area contributed by atoms with E-state index in [1.807, 2.05) is 6.92 Å². The summed E-state index contributed by atoms with van der Waals surface area (Å²) in [5, 5.41) is 0.890. The van der Waals surface area contributed by atoms with Gasteiger partial charge in [0, 0.05) is 33.7 Å². The smallest absolute Gasteiger partial charge is 0.263 e. The number of aromatic amines is 1. The number of fused-ring (bicyclic) bond motifs is 3. The Morgan fingerprint density at radius 3 is 2.95 bits per heavy atom. The molecule has 1 aliphatic rings. The predicted octanol–water partition coefficient (Wildman–Crippen LogP) is 2.77. The molecule has 0 fully saturated rings. The lowest BCUT2D eigenvalue weighted by molar-refractivity contribution is 0.595. The lowest BCUT2D eigenvalue weighted by Crippen LogP contribution is -2.24. The molecular formula is C14H18N2O2S3. The van der Waals surface area contributed by atoms with Gasteiger partial charge in [-0.1, -0.05) is 6.92 Å². The van der Waals surface area contributed by atoms with Crippen LogP contribution in [0, 0.1) is 4.77 Å². The Labute approximate surface area is 134 Å². The number of aryl methyl sites for hydroxylation is 2. The van der Waals surface area contributed by atoms with Crippen molar-refractivity contribution < 1.29 is 4.21 Å². The van der Waals surface area contributed by atoms with Crippen molar-refractivity contribution >= 4 is 44.6 Å². The first-order valence-corrected chi connectivity index (χ1v) is 9.93. The van der Waals surface area contributed by atoms with Crippen LogP contribution in [0.5, 0.6) is 0 Å². The summed E-state index contributed by atoms with van der Waals surface area (Å²) in [6, 6.07) is 0. The van der Waals surface area contributed by atoms with Gasteiger partial charge in [-0.2, -0.15) is 0 Å². The minimum atomic E-state index is -0.874. The van der Waals surface area contributed by atoms with Crippen LogP contribution < -0.4 is 5.56 Å². The lowest BCUT2D eigenvalue weighted by atomic mass is 10.2. The summed E-state index contributed by atoms with van der Waals surface area (Å²) < 4.78 is 13.6. The summed E-state index contributed by atoms with van der Waals surface area (Å²) in [6.07, 6.45) is 5.59. The molecule has 2 unspecified atom stereocenters. The van der Waals surface area contributed by atoms with Gasteiger partial charge in [-0.15, -0.1) is 11.3 Å². The van der Waals surface area contributed by atoms with Crippen LogP contribution in [0.2, 0.25) is 0 Å². The fourth-order valence-electron chi connectivity index (χ4n) is 2.79. The van der Waals surface area contributed by atoms with Gasteiger partial charge in [-0.25, -0.2) is 0 Å². The second-order valence-electron chi connectivity index (χ2n) is 5.55. The highest BCUT2D eigenvalue weighted by molar-refractivity contribution is 7.84. The molecule has 114 valence electrons. The first kappa shape index (κ1) is 15.1. The minimum absolute atomic E-state index is 0.0160. The van der Waals surface area contributed by atoms with Crippen LogP contribution in [-0.2, 0) is 30.2 Å². The van der Waals surface area contributed by atoms with Crippen LogP contribution in [0.25, 0.3) is 10.2 Å². The van der Waals surface area contributed by atoms with E-state index in [2.05, 4.69) is 4.98 Å². The molecule has 2 aromatic heterocycles. The molecule has 1 aliphatic carbocycles. The van der Waals surface area contributed by atoms with Gasteiger partial charge in [0.15, 0.2) is 4.77 Å². The maximum atomic E-state index is 12.8. The number of rotatable bonds is 4. The molecule has 0 saturated heterocycles. The van der Waals surface area contributed by atoms with E-state index < -0.39 is 10.8 Å². The molecule has 7 heteroatoms. The molecular weight excluding hydrogens is 324 g/mol. The van der Waals surface area contributed by atoms with E-state index in [0.717, 1.165) is 29.5 Å². The first-order valence-electron chi connectivity index (χ1n) is 7.08. The summed E-state index contributed by atoms with van der Waals surface area (Å²) in [4.78, 5) is 18.2. The number of nitrogens with zero attached hydrogens (tertiary/aromatic N) is 1. The molecule has 2 atom stereocenters. The van der Waals surface area contributed by atoms with Gasteiger partial charge in [0.25, 0.3) is 5.56 Å². The zero-order chi connectivity index (χ0) is 15.1. The van der Waals surface area contributed by atoms with Crippen molar-refractivity contribution in [2.75, 3.05) is 6.26 Å². The topological polar surface area (TPSA) is 54.9 Å². The van der Waals surface area contributed by atoms with Gasteiger partial charge >= 0.3 is 0 Å². The van der Waals surface area contributed by atoms with Gasteiger partial charge in [0.1, 0.15) is 4.83 Å². The molecule has 0 radical (unpaired) electrons. The average Bonchev–Trinajstić information content (AvgIpc) is 2.97. The molecule has 2 aromatic rings. The Bertz CT molecular complexity index is 831. The third-order valence-corrected chi connectivity index (χ3v) is 7.07. The van der Waals surface area contributed by atoms with Gasteiger partial charge in [-0.3, -0.25) is 13.6 Å². The van der Waals surface area contributed by atoms with Crippen molar-refractivity contribution in [3.05, 3.63) is 25.6 Å². The highest BCUT2D eigenvalue weighted by Crippen LogP contribution is 2.34. The van der Waals surface area contributed by atoms with E-state index in [9.17, 15) is 9.00 Å². The number of aromatic nitrogens is 2. The number of hydrogen-bond donors (Lipinski definition) is 1. The number of nitrogens with one attached hydrogen (secondary N) is 1. The summed E-state index contributed by atoms with van der Waals surface area (Å²) in [5.74, 6) is 0. The van der Waals surface area contributed by atoms with Gasteiger partial charge < -0.3 is 4.98 Å². The van der Waals surface area contributed by atoms with E-state index in [1.165, 1.54) is 10.4 Å². The maximum Gasteiger partial charge on any atom is 0.263 e. The van der Waals surface area contributed by atoms with Gasteiger partial charge in [-0.05, 0) is 43.5 Å². The molecule has 3 rings (SSSR count). The Hall–Kier alpha value is -0.790. The van der Waals surface area contributed by atoms with Crippen LogP contribution in [-0.4, -0.2) is 25.3 Å². The molecule has 1 N–H and O–H groups in total. The fourth-order valence-corrected chi connectivity index (χ4v) is 4.85. The summed E-state index contributed by atoms with van der Waals surface area (Å²) in [7, 11) is -0.874. The SMILES string of the molecule is CC(CCn1c(=S)[nH]c2sc3c(c2c1=O)CCC3)S(C)=O. The monoisotopic (exact) mass is 342 g/mol. The molecule has 4 nitrogen and oxygen atoms in total. The molecule has 2 heterocycles. The summed E-state index contributed by atoms with van der Waals surface area (Å²) in [5.41, 5.74) is 1.23. The van der Waals surface area contributed by atoms with E-state index >= 15 is 0 Å². The summed E-state index contributed by atoms with van der Waals surface area (Å²) >= 11 is 7.00. The minimum Gasteiger partial charge on any atom is -0.323 e. The lowest BCUT2D eigenvalue weighted by Gasteiger charge is -2.10. The third kappa shape index (κ3) is 2.66. The predicted molar refractivity (Wildman–Crippen MR) is 91.4 cm³/mol. The van der Waals surface area contributed by atoms with Crippen molar-refractivity contribution in [2.24, 2.45) is 0 Å². The zero-order valence-electron chi connectivity index (χ0n) is 12.1. The maximum absolute atomic E-state index is 12.8. The second-order valence-corrected chi connectivity index (χ2v) is 8.84. The van der Waals surface area contributed by atoms with Gasteiger partial charge in [0.2, 0.25) is 0 Å². The van der Waals surface area contributed by atoms with E-state index in [1.54, 1.807) is 22.2 Å². The summed E-state index contributed by atoms with van der Waals surface area (Å²) in [6.45, 7) is 2.46. The average molecular weight is 343 g/mol. The Morgan fingerprint density at radius 2 is 2.24 bits per heavy atom. The zero-order valence-corrected chi connectivity index (χ0v) is 14.6. The number of thiophene rings is 1. The quantitative estimate of drug-likeness (QED) is 0.869. The van der Waals surface area contributed by atoms with E-state index in [-0.39, 0.29) is 10.8 Å². The highest BCUT2D eigenvalue weighted by Gasteiger charge is 2.21. The molecule has 0 spiro atoms.